The highest BCUT2D eigenvalue weighted by atomic mass is 16.1. The first-order valence-corrected chi connectivity index (χ1v) is 9.33. The Morgan fingerprint density at radius 1 is 1.23 bits per heavy atom. The smallest absolute Gasteiger partial charge is 0.130 e. The van der Waals surface area contributed by atoms with Crippen LogP contribution in [-0.2, 0) is 29.6 Å². The molecular weight excluding hydrogens is 320 g/mol. The van der Waals surface area contributed by atoms with Crippen molar-refractivity contribution in [1.29, 1.82) is 0 Å². The number of benzene rings is 2. The molecule has 1 aromatic heterocycles. The van der Waals surface area contributed by atoms with E-state index in [1.165, 1.54) is 33.3 Å². The van der Waals surface area contributed by atoms with E-state index in [-0.39, 0.29) is 0 Å². The van der Waals surface area contributed by atoms with Gasteiger partial charge in [-0.05, 0) is 50.1 Å². The van der Waals surface area contributed by atoms with Crippen LogP contribution in [-0.4, -0.2) is 29.8 Å². The Morgan fingerprint density at radius 3 is 2.73 bits per heavy atom. The van der Waals surface area contributed by atoms with Crippen molar-refractivity contribution < 1.29 is 4.79 Å². The number of hydrogen-bond donors (Lipinski definition) is 1. The first-order chi connectivity index (χ1) is 12.5. The van der Waals surface area contributed by atoms with Crippen LogP contribution < -0.4 is 0 Å². The van der Waals surface area contributed by atoms with Crippen LogP contribution in [0.25, 0.3) is 10.9 Å². The lowest BCUT2D eigenvalue weighted by Gasteiger charge is -2.24. The minimum Gasteiger partial charge on any atom is -0.358 e. The quantitative estimate of drug-likeness (QED) is 0.720. The molecule has 0 bridgehead atoms. The van der Waals surface area contributed by atoms with E-state index < -0.39 is 5.41 Å². The molecule has 3 heteroatoms. The van der Waals surface area contributed by atoms with Crippen LogP contribution in [0.2, 0.25) is 0 Å². The molecule has 0 amide bonds. The number of likely N-dealkylation sites (N-methyl/N-ethyl adjacent to an activating group) is 1. The lowest BCUT2D eigenvalue weighted by molar-refractivity contribution is -0.112. The molecule has 0 fully saturated rings. The minimum absolute atomic E-state index is 0.523. The largest absolute Gasteiger partial charge is 0.358 e. The average molecular weight is 346 g/mol. The second kappa shape index (κ2) is 6.40. The zero-order valence-corrected chi connectivity index (χ0v) is 15.8. The molecule has 2 heterocycles. The standard InChI is InChI=1S/C23H26N2O/c1-16-11-17(13-23(2,15-26)18-7-5-4-6-8-18)22-19(12-16)20-14-25(3)10-9-21(20)24-22/h4-8,11-12,15,24H,9-10,13-14H2,1-3H3. The SMILES string of the molecule is Cc1cc(CC(C)(C=O)c2ccccc2)c2[nH]c3c(c2c1)CN(C)CC3. The molecule has 26 heavy (non-hydrogen) atoms. The first-order valence-electron chi connectivity index (χ1n) is 9.33. The second-order valence-electron chi connectivity index (χ2n) is 7.99. The minimum atomic E-state index is -0.523. The Bertz CT molecular complexity index is 957. The van der Waals surface area contributed by atoms with Crippen molar-refractivity contribution >= 4 is 17.2 Å². The van der Waals surface area contributed by atoms with Crippen LogP contribution in [0.5, 0.6) is 0 Å². The van der Waals surface area contributed by atoms with Crippen molar-refractivity contribution in [2.45, 2.75) is 38.6 Å². The highest BCUT2D eigenvalue weighted by molar-refractivity contribution is 5.89. The van der Waals surface area contributed by atoms with Gasteiger partial charge in [-0.3, -0.25) is 0 Å². The van der Waals surface area contributed by atoms with Gasteiger partial charge in [-0.15, -0.1) is 0 Å². The normalized spacial score (nSPS) is 17.0. The van der Waals surface area contributed by atoms with Gasteiger partial charge in [-0.2, -0.15) is 0 Å². The molecule has 0 spiro atoms. The molecule has 3 nitrogen and oxygen atoms in total. The topological polar surface area (TPSA) is 36.1 Å². The highest BCUT2D eigenvalue weighted by Crippen LogP contribution is 2.34. The Balaban J connectivity index is 1.83. The fraction of sp³-hybridized carbons (Fsp3) is 0.348. The van der Waals surface area contributed by atoms with Gasteiger partial charge in [0.2, 0.25) is 0 Å². The second-order valence-corrected chi connectivity index (χ2v) is 7.99. The molecule has 0 aliphatic carbocycles. The van der Waals surface area contributed by atoms with Gasteiger partial charge in [0, 0.05) is 36.1 Å². The van der Waals surface area contributed by atoms with E-state index in [1.807, 2.05) is 25.1 Å². The van der Waals surface area contributed by atoms with Gasteiger partial charge in [0.15, 0.2) is 0 Å². The number of hydrogen-bond acceptors (Lipinski definition) is 2. The fourth-order valence-corrected chi connectivity index (χ4v) is 4.25. The van der Waals surface area contributed by atoms with E-state index in [2.05, 4.69) is 48.1 Å². The Hall–Kier alpha value is -2.39. The van der Waals surface area contributed by atoms with Crippen LogP contribution in [0.4, 0.5) is 0 Å². The molecule has 0 saturated carbocycles. The number of aldehydes is 1. The predicted molar refractivity (Wildman–Crippen MR) is 107 cm³/mol. The van der Waals surface area contributed by atoms with Gasteiger partial charge in [0.1, 0.15) is 6.29 Å². The van der Waals surface area contributed by atoms with Crippen LogP contribution in [0.15, 0.2) is 42.5 Å². The van der Waals surface area contributed by atoms with Gasteiger partial charge < -0.3 is 14.7 Å². The van der Waals surface area contributed by atoms with E-state index >= 15 is 0 Å². The number of aromatic nitrogens is 1. The third-order valence-corrected chi connectivity index (χ3v) is 5.75. The van der Waals surface area contributed by atoms with Crippen molar-refractivity contribution in [1.82, 2.24) is 9.88 Å². The molecule has 0 radical (unpaired) electrons. The third kappa shape index (κ3) is 2.86. The maximum Gasteiger partial charge on any atom is 0.130 e. The average Bonchev–Trinajstić information content (AvgIpc) is 3.00. The fourth-order valence-electron chi connectivity index (χ4n) is 4.25. The zero-order valence-electron chi connectivity index (χ0n) is 15.8. The van der Waals surface area contributed by atoms with Gasteiger partial charge in [-0.1, -0.05) is 42.0 Å². The number of rotatable bonds is 4. The summed E-state index contributed by atoms with van der Waals surface area (Å²) in [6, 6.07) is 14.6. The Kier molecular flexibility index (Phi) is 4.20. The van der Waals surface area contributed by atoms with E-state index in [9.17, 15) is 4.79 Å². The van der Waals surface area contributed by atoms with Crippen LogP contribution in [0.3, 0.4) is 0 Å². The molecule has 1 N–H and O–H groups in total. The summed E-state index contributed by atoms with van der Waals surface area (Å²) in [4.78, 5) is 18.1. The molecule has 1 aliphatic rings. The Morgan fingerprint density at radius 2 is 2.00 bits per heavy atom. The van der Waals surface area contributed by atoms with E-state index in [1.54, 1.807) is 0 Å². The molecule has 4 rings (SSSR count). The molecule has 1 atom stereocenters. The lowest BCUT2D eigenvalue weighted by Crippen LogP contribution is -2.27. The zero-order chi connectivity index (χ0) is 18.3. The number of carbonyl (C=O) groups excluding carboxylic acids is 1. The van der Waals surface area contributed by atoms with Crippen molar-refractivity contribution in [2.75, 3.05) is 13.6 Å². The summed E-state index contributed by atoms with van der Waals surface area (Å²) in [5.74, 6) is 0. The summed E-state index contributed by atoms with van der Waals surface area (Å²) >= 11 is 0. The monoisotopic (exact) mass is 346 g/mol. The van der Waals surface area contributed by atoms with Crippen LogP contribution in [0.1, 0.15) is 34.9 Å². The maximum absolute atomic E-state index is 12.1. The van der Waals surface area contributed by atoms with Crippen molar-refractivity contribution in [3.8, 4) is 0 Å². The summed E-state index contributed by atoms with van der Waals surface area (Å²) in [7, 11) is 2.18. The van der Waals surface area contributed by atoms with Crippen molar-refractivity contribution in [3.63, 3.8) is 0 Å². The summed E-state index contributed by atoms with van der Waals surface area (Å²) in [6.07, 6.45) is 2.86. The number of nitrogens with zero attached hydrogens (tertiary/aromatic N) is 1. The first kappa shape index (κ1) is 17.0. The number of aromatic amines is 1. The molecule has 2 aromatic carbocycles. The molecule has 0 saturated heterocycles. The van der Waals surface area contributed by atoms with Gasteiger partial charge in [0.05, 0.1) is 5.41 Å². The molecular formula is C23H26N2O. The number of carbonyl (C=O) groups is 1. The predicted octanol–water partition coefficient (Wildman–Crippen LogP) is 4.16. The van der Waals surface area contributed by atoms with E-state index in [0.29, 0.717) is 6.42 Å². The number of fused-ring (bicyclic) bond motifs is 3. The summed E-state index contributed by atoms with van der Waals surface area (Å²) < 4.78 is 0. The summed E-state index contributed by atoms with van der Waals surface area (Å²) in [6.45, 7) is 6.27. The van der Waals surface area contributed by atoms with E-state index in [4.69, 9.17) is 0 Å². The highest BCUT2D eigenvalue weighted by Gasteiger charge is 2.28. The number of nitrogens with one attached hydrogen (secondary N) is 1. The van der Waals surface area contributed by atoms with Crippen molar-refractivity contribution in [2.24, 2.45) is 0 Å². The van der Waals surface area contributed by atoms with Gasteiger partial charge in [0.25, 0.3) is 0 Å². The van der Waals surface area contributed by atoms with Crippen LogP contribution in [0, 0.1) is 6.92 Å². The number of H-pyrrole nitrogens is 1. The van der Waals surface area contributed by atoms with E-state index in [0.717, 1.165) is 31.4 Å². The van der Waals surface area contributed by atoms with Gasteiger partial charge >= 0.3 is 0 Å². The van der Waals surface area contributed by atoms with Crippen molar-refractivity contribution in [3.05, 3.63) is 70.4 Å². The summed E-state index contributed by atoms with van der Waals surface area (Å²) in [5, 5.41) is 1.32. The maximum atomic E-state index is 12.1. The summed E-state index contributed by atoms with van der Waals surface area (Å²) in [5.41, 5.74) is 7.02. The third-order valence-electron chi connectivity index (χ3n) is 5.75. The van der Waals surface area contributed by atoms with Crippen LogP contribution >= 0.6 is 0 Å². The molecule has 1 unspecified atom stereocenters. The van der Waals surface area contributed by atoms with Gasteiger partial charge in [-0.25, -0.2) is 0 Å². The molecule has 3 aromatic rings. The number of aryl methyl sites for hydroxylation is 1. The lowest BCUT2D eigenvalue weighted by atomic mass is 9.78. The Labute approximate surface area is 155 Å². The molecule has 134 valence electrons. The molecule has 1 aliphatic heterocycles.